The first kappa shape index (κ1) is 25.3. The van der Waals surface area contributed by atoms with Gasteiger partial charge in [0, 0.05) is 24.4 Å². The molecule has 0 spiro atoms. The standard InChI is InChI=1S/C23H19ClF4N2O4/c1-23(2,33)22(32)29-10-12-7-16(27)20(17(28)8-12)30-6-5-18(19(24)21(30)31)34-11-13-3-4-14(25)9-15(13)26/h3-9,33H,10-11H2,1-2H3,(H,29,32). The second-order valence-electron chi connectivity index (χ2n) is 7.84. The van der Waals surface area contributed by atoms with Crippen molar-refractivity contribution in [3.63, 3.8) is 0 Å². The highest BCUT2D eigenvalue weighted by molar-refractivity contribution is 6.31. The highest BCUT2D eigenvalue weighted by Crippen LogP contribution is 2.25. The summed E-state index contributed by atoms with van der Waals surface area (Å²) in [4.78, 5) is 24.4. The Morgan fingerprint density at radius 2 is 1.74 bits per heavy atom. The number of benzene rings is 2. The van der Waals surface area contributed by atoms with E-state index < -0.39 is 51.0 Å². The van der Waals surface area contributed by atoms with Crippen molar-refractivity contribution in [1.29, 1.82) is 0 Å². The van der Waals surface area contributed by atoms with Crippen LogP contribution < -0.4 is 15.6 Å². The van der Waals surface area contributed by atoms with Crippen molar-refractivity contribution < 1.29 is 32.2 Å². The average molecular weight is 499 g/mol. The minimum absolute atomic E-state index is 0.00556. The molecule has 0 radical (unpaired) electrons. The summed E-state index contributed by atoms with van der Waals surface area (Å²) in [6, 6.07) is 5.88. The van der Waals surface area contributed by atoms with Crippen molar-refractivity contribution in [3.8, 4) is 11.4 Å². The van der Waals surface area contributed by atoms with E-state index in [4.69, 9.17) is 16.3 Å². The van der Waals surface area contributed by atoms with E-state index >= 15 is 0 Å². The maximum Gasteiger partial charge on any atom is 0.277 e. The molecule has 0 saturated heterocycles. The van der Waals surface area contributed by atoms with Gasteiger partial charge in [0.2, 0.25) is 0 Å². The maximum atomic E-state index is 14.7. The van der Waals surface area contributed by atoms with E-state index in [1.54, 1.807) is 0 Å². The number of ether oxygens (including phenoxy) is 1. The molecule has 0 unspecified atom stereocenters. The number of carbonyl (C=O) groups is 1. The number of nitrogens with one attached hydrogen (secondary N) is 1. The molecule has 1 aromatic heterocycles. The predicted molar refractivity (Wildman–Crippen MR) is 116 cm³/mol. The Hall–Kier alpha value is -3.37. The molecule has 2 aromatic carbocycles. The Labute approximate surface area is 196 Å². The summed E-state index contributed by atoms with van der Waals surface area (Å²) >= 11 is 6.01. The van der Waals surface area contributed by atoms with Crippen LogP contribution in [0.2, 0.25) is 5.02 Å². The quantitative estimate of drug-likeness (QED) is 0.482. The third-order valence-electron chi connectivity index (χ3n) is 4.72. The van der Waals surface area contributed by atoms with Crippen molar-refractivity contribution in [2.45, 2.75) is 32.6 Å². The van der Waals surface area contributed by atoms with Crippen LogP contribution >= 0.6 is 11.6 Å². The summed E-state index contributed by atoms with van der Waals surface area (Å²) in [5, 5.41) is 11.4. The zero-order valence-electron chi connectivity index (χ0n) is 18.0. The third kappa shape index (κ3) is 5.57. The molecule has 0 aliphatic carbocycles. The van der Waals surface area contributed by atoms with Crippen LogP contribution in [0.4, 0.5) is 17.6 Å². The molecular formula is C23H19ClF4N2O4. The first-order chi connectivity index (χ1) is 15.9. The minimum atomic E-state index is -1.67. The smallest absolute Gasteiger partial charge is 0.277 e. The molecule has 0 saturated carbocycles. The zero-order valence-corrected chi connectivity index (χ0v) is 18.7. The molecule has 2 N–H and O–H groups in total. The Bertz CT molecular complexity index is 1280. The number of hydrogen-bond donors (Lipinski definition) is 2. The van der Waals surface area contributed by atoms with Crippen LogP contribution in [0.15, 0.2) is 47.4 Å². The summed E-state index contributed by atoms with van der Waals surface area (Å²) < 4.78 is 62.1. The molecule has 0 aliphatic heterocycles. The highest BCUT2D eigenvalue weighted by Gasteiger charge is 2.24. The predicted octanol–water partition coefficient (Wildman–Crippen LogP) is 4.01. The van der Waals surface area contributed by atoms with E-state index in [0.717, 1.165) is 30.5 Å². The van der Waals surface area contributed by atoms with Crippen molar-refractivity contribution in [3.05, 3.63) is 92.4 Å². The lowest BCUT2D eigenvalue weighted by Gasteiger charge is -2.17. The number of rotatable bonds is 7. The lowest BCUT2D eigenvalue weighted by molar-refractivity contribution is -0.136. The summed E-state index contributed by atoms with van der Waals surface area (Å²) in [6.45, 7) is 1.88. The molecule has 1 heterocycles. The van der Waals surface area contributed by atoms with E-state index in [2.05, 4.69) is 5.32 Å². The van der Waals surface area contributed by atoms with Gasteiger partial charge in [-0.05, 0) is 49.7 Å². The van der Waals surface area contributed by atoms with Gasteiger partial charge >= 0.3 is 0 Å². The molecule has 0 aliphatic rings. The summed E-state index contributed by atoms with van der Waals surface area (Å²) in [7, 11) is 0. The van der Waals surface area contributed by atoms with Crippen molar-refractivity contribution in [1.82, 2.24) is 9.88 Å². The molecule has 180 valence electrons. The number of hydrogen-bond acceptors (Lipinski definition) is 4. The molecule has 3 aromatic rings. The van der Waals surface area contributed by atoms with Crippen molar-refractivity contribution in [2.24, 2.45) is 0 Å². The van der Waals surface area contributed by atoms with Crippen LogP contribution in [-0.4, -0.2) is 21.2 Å². The van der Waals surface area contributed by atoms with Gasteiger partial charge in [0.25, 0.3) is 11.5 Å². The first-order valence-corrected chi connectivity index (χ1v) is 10.2. The molecular weight excluding hydrogens is 480 g/mol. The van der Waals surface area contributed by atoms with E-state index in [9.17, 15) is 32.3 Å². The van der Waals surface area contributed by atoms with Crippen LogP contribution in [0.5, 0.6) is 5.75 Å². The van der Waals surface area contributed by atoms with Gasteiger partial charge < -0.3 is 15.2 Å². The molecule has 3 rings (SSSR count). The molecule has 0 fully saturated rings. The van der Waals surface area contributed by atoms with Gasteiger partial charge in [-0.2, -0.15) is 0 Å². The fraction of sp³-hybridized carbons (Fsp3) is 0.217. The van der Waals surface area contributed by atoms with E-state index in [1.807, 2.05) is 0 Å². The Morgan fingerprint density at radius 3 is 2.32 bits per heavy atom. The van der Waals surface area contributed by atoms with Gasteiger partial charge in [0.15, 0.2) is 11.6 Å². The lowest BCUT2D eigenvalue weighted by atomic mass is 10.1. The van der Waals surface area contributed by atoms with E-state index in [1.165, 1.54) is 19.9 Å². The van der Waals surface area contributed by atoms with Crippen LogP contribution in [0, 0.1) is 23.3 Å². The van der Waals surface area contributed by atoms with Crippen LogP contribution in [0.25, 0.3) is 5.69 Å². The zero-order chi connectivity index (χ0) is 25.2. The number of pyridine rings is 1. The number of aliphatic hydroxyl groups is 1. The number of nitrogens with zero attached hydrogens (tertiary/aromatic N) is 1. The second-order valence-corrected chi connectivity index (χ2v) is 8.22. The van der Waals surface area contributed by atoms with Crippen molar-refractivity contribution in [2.75, 3.05) is 0 Å². The molecule has 0 bridgehead atoms. The van der Waals surface area contributed by atoms with Crippen molar-refractivity contribution >= 4 is 17.5 Å². The first-order valence-electron chi connectivity index (χ1n) is 9.85. The Morgan fingerprint density at radius 1 is 1.09 bits per heavy atom. The topological polar surface area (TPSA) is 80.6 Å². The number of aromatic nitrogens is 1. The average Bonchev–Trinajstić information content (AvgIpc) is 2.74. The van der Waals surface area contributed by atoms with Gasteiger partial charge in [-0.1, -0.05) is 11.6 Å². The van der Waals surface area contributed by atoms with Crippen LogP contribution in [-0.2, 0) is 17.9 Å². The Balaban J connectivity index is 1.84. The largest absolute Gasteiger partial charge is 0.487 e. The number of amides is 1. The summed E-state index contributed by atoms with van der Waals surface area (Å²) in [5.41, 5.74) is -3.32. The highest BCUT2D eigenvalue weighted by atomic mass is 35.5. The van der Waals surface area contributed by atoms with Gasteiger partial charge in [-0.3, -0.25) is 14.2 Å². The second kappa shape index (κ2) is 9.86. The van der Waals surface area contributed by atoms with Gasteiger partial charge in [0.1, 0.15) is 40.3 Å². The monoisotopic (exact) mass is 498 g/mol. The van der Waals surface area contributed by atoms with Crippen LogP contribution in [0.3, 0.4) is 0 Å². The van der Waals surface area contributed by atoms with E-state index in [0.29, 0.717) is 10.6 Å². The fourth-order valence-corrected chi connectivity index (χ4v) is 3.13. The van der Waals surface area contributed by atoms with Gasteiger partial charge in [0.05, 0.1) is 0 Å². The third-order valence-corrected chi connectivity index (χ3v) is 5.07. The molecule has 11 heteroatoms. The van der Waals surface area contributed by atoms with Gasteiger partial charge in [-0.15, -0.1) is 0 Å². The number of carbonyl (C=O) groups excluding carboxylic acids is 1. The van der Waals surface area contributed by atoms with Gasteiger partial charge in [-0.25, -0.2) is 17.6 Å². The Kier molecular flexibility index (Phi) is 7.32. The molecule has 1 amide bonds. The summed E-state index contributed by atoms with van der Waals surface area (Å²) in [6.07, 6.45) is 1.03. The molecule has 6 nitrogen and oxygen atoms in total. The maximum absolute atomic E-state index is 14.7. The molecule has 0 atom stereocenters. The minimum Gasteiger partial charge on any atom is -0.487 e. The summed E-state index contributed by atoms with van der Waals surface area (Å²) in [5.74, 6) is -4.74. The fourth-order valence-electron chi connectivity index (χ4n) is 2.92. The van der Waals surface area contributed by atoms with E-state index in [-0.39, 0.29) is 30.0 Å². The van der Waals surface area contributed by atoms with Crippen LogP contribution in [0.1, 0.15) is 25.0 Å². The normalized spacial score (nSPS) is 11.4. The lowest BCUT2D eigenvalue weighted by Crippen LogP contribution is -2.41. The number of halogens is 5. The SMILES string of the molecule is CC(C)(O)C(=O)NCc1cc(F)c(-n2ccc(OCc3ccc(F)cc3F)c(Cl)c2=O)c(F)c1. The molecule has 34 heavy (non-hydrogen) atoms.